The maximum absolute atomic E-state index is 10.8. The number of hydrogen-bond donors (Lipinski definition) is 2. The van der Waals surface area contributed by atoms with Gasteiger partial charge in [-0.15, -0.1) is 0 Å². The van der Waals surface area contributed by atoms with Gasteiger partial charge < -0.3 is 15.0 Å². The average molecular weight is 230 g/mol. The molecule has 0 bridgehead atoms. The number of aromatic amines is 1. The summed E-state index contributed by atoms with van der Waals surface area (Å²) in [6.45, 7) is 8.25. The van der Waals surface area contributed by atoms with E-state index in [1.54, 1.807) is 0 Å². The van der Waals surface area contributed by atoms with Crippen molar-refractivity contribution in [3.8, 4) is 0 Å². The summed E-state index contributed by atoms with van der Waals surface area (Å²) in [7, 11) is 0. The molecule has 1 rings (SSSR count). The summed E-state index contributed by atoms with van der Waals surface area (Å²) in [5, 5.41) is 5.03. The van der Waals surface area contributed by atoms with Crippen LogP contribution < -0.4 is 10.2 Å². The summed E-state index contributed by atoms with van der Waals surface area (Å²) in [5.74, 6) is 0. The van der Waals surface area contributed by atoms with E-state index >= 15 is 0 Å². The predicted molar refractivity (Wildman–Crippen MR) is 62.4 cm³/mol. The van der Waals surface area contributed by atoms with E-state index < -0.39 is 0 Å². The first-order valence-corrected chi connectivity index (χ1v) is 5.87. The molecule has 0 atom stereocenters. The van der Waals surface area contributed by atoms with Gasteiger partial charge >= 0.3 is 4.87 Å². The zero-order valence-corrected chi connectivity index (χ0v) is 10.2. The summed E-state index contributed by atoms with van der Waals surface area (Å²) >= 11 is 1.19. The van der Waals surface area contributed by atoms with Gasteiger partial charge in [0.1, 0.15) is 0 Å². The fourth-order valence-corrected chi connectivity index (χ4v) is 1.63. The minimum Gasteiger partial charge on any atom is -0.375 e. The van der Waals surface area contributed by atoms with Crippen molar-refractivity contribution >= 4 is 11.3 Å². The molecule has 0 amide bonds. The molecule has 0 radical (unpaired) electrons. The van der Waals surface area contributed by atoms with Gasteiger partial charge in [-0.05, 0) is 20.8 Å². The lowest BCUT2D eigenvalue weighted by Gasteiger charge is -2.19. The fourth-order valence-electron chi connectivity index (χ4n) is 1.05. The number of nitrogens with one attached hydrogen (secondary N) is 2. The van der Waals surface area contributed by atoms with E-state index in [1.807, 2.05) is 26.2 Å². The van der Waals surface area contributed by atoms with Crippen molar-refractivity contribution in [2.24, 2.45) is 0 Å². The van der Waals surface area contributed by atoms with Crippen LogP contribution in [0.1, 0.15) is 26.5 Å². The van der Waals surface area contributed by atoms with Crippen molar-refractivity contribution < 1.29 is 4.74 Å². The molecule has 0 aliphatic carbocycles. The number of H-pyrrole nitrogens is 1. The van der Waals surface area contributed by atoms with E-state index in [9.17, 15) is 4.79 Å². The van der Waals surface area contributed by atoms with Gasteiger partial charge in [-0.2, -0.15) is 0 Å². The number of ether oxygens (including phenoxy) is 1. The van der Waals surface area contributed by atoms with E-state index in [2.05, 4.69) is 10.3 Å². The summed E-state index contributed by atoms with van der Waals surface area (Å²) in [6.07, 6.45) is 0. The van der Waals surface area contributed by atoms with Crippen LogP contribution in [0.15, 0.2) is 10.2 Å². The Labute approximate surface area is 93.7 Å². The van der Waals surface area contributed by atoms with Crippen molar-refractivity contribution in [3.63, 3.8) is 0 Å². The van der Waals surface area contributed by atoms with Crippen molar-refractivity contribution in [1.29, 1.82) is 0 Å². The van der Waals surface area contributed by atoms with E-state index in [1.165, 1.54) is 11.3 Å². The Bertz CT molecular complexity index is 338. The van der Waals surface area contributed by atoms with Crippen LogP contribution in [0.25, 0.3) is 0 Å². The highest BCUT2D eigenvalue weighted by atomic mass is 32.1. The molecule has 0 saturated heterocycles. The summed E-state index contributed by atoms with van der Waals surface area (Å²) in [5.41, 5.74) is 0.846. The Balaban J connectivity index is 2.10. The van der Waals surface area contributed by atoms with Crippen LogP contribution in [-0.4, -0.2) is 23.7 Å². The van der Waals surface area contributed by atoms with Gasteiger partial charge in [-0.25, -0.2) is 0 Å². The molecule has 86 valence electrons. The van der Waals surface area contributed by atoms with Gasteiger partial charge in [0.2, 0.25) is 0 Å². The molecule has 5 heteroatoms. The van der Waals surface area contributed by atoms with Crippen LogP contribution in [0.2, 0.25) is 0 Å². The largest absolute Gasteiger partial charge is 0.375 e. The predicted octanol–water partition coefficient (Wildman–Crippen LogP) is 1.34. The van der Waals surface area contributed by atoms with Gasteiger partial charge in [0.05, 0.1) is 12.2 Å². The molecule has 4 nitrogen and oxygen atoms in total. The Morgan fingerprint density at radius 1 is 1.53 bits per heavy atom. The van der Waals surface area contributed by atoms with E-state index in [-0.39, 0.29) is 10.5 Å². The Morgan fingerprint density at radius 2 is 2.27 bits per heavy atom. The van der Waals surface area contributed by atoms with E-state index in [4.69, 9.17) is 4.74 Å². The molecule has 15 heavy (non-hydrogen) atoms. The maximum Gasteiger partial charge on any atom is 0.304 e. The lowest BCUT2D eigenvalue weighted by atomic mass is 10.2. The van der Waals surface area contributed by atoms with Crippen LogP contribution in [-0.2, 0) is 11.3 Å². The molecular formula is C10H18N2O2S. The highest BCUT2D eigenvalue weighted by molar-refractivity contribution is 7.07. The summed E-state index contributed by atoms with van der Waals surface area (Å²) in [4.78, 5) is 13.6. The number of aromatic nitrogens is 1. The quantitative estimate of drug-likeness (QED) is 0.751. The second-order valence-electron chi connectivity index (χ2n) is 4.31. The van der Waals surface area contributed by atoms with E-state index in [0.717, 1.165) is 12.2 Å². The van der Waals surface area contributed by atoms with Gasteiger partial charge in [0, 0.05) is 24.2 Å². The standard InChI is InChI=1S/C10H18N2O2S/c1-10(2,3)14-5-4-11-6-8-7-15-9(13)12-8/h7,11H,4-6H2,1-3H3,(H,12,13). The second-order valence-corrected chi connectivity index (χ2v) is 5.15. The molecule has 0 fully saturated rings. The SMILES string of the molecule is CC(C)(C)OCCNCc1csc(=O)[nH]1. The van der Waals surface area contributed by atoms with Crippen molar-refractivity contribution in [2.75, 3.05) is 13.2 Å². The minimum atomic E-state index is -0.0849. The Hall–Kier alpha value is -0.650. The number of rotatable bonds is 5. The number of hydrogen-bond acceptors (Lipinski definition) is 4. The zero-order chi connectivity index (χ0) is 11.3. The zero-order valence-electron chi connectivity index (χ0n) is 9.42. The monoisotopic (exact) mass is 230 g/mol. The van der Waals surface area contributed by atoms with Gasteiger partial charge in [-0.3, -0.25) is 4.79 Å². The Kier molecular flexibility index (Phi) is 4.50. The average Bonchev–Trinajstić information content (AvgIpc) is 2.49. The molecule has 1 aromatic heterocycles. The van der Waals surface area contributed by atoms with E-state index in [0.29, 0.717) is 13.2 Å². The molecule has 0 aliphatic heterocycles. The second kappa shape index (κ2) is 5.44. The fraction of sp³-hybridized carbons (Fsp3) is 0.700. The normalized spacial score (nSPS) is 11.9. The first kappa shape index (κ1) is 12.4. The minimum absolute atomic E-state index is 0.00209. The van der Waals surface area contributed by atoms with Crippen molar-refractivity contribution in [2.45, 2.75) is 32.9 Å². The van der Waals surface area contributed by atoms with Crippen LogP contribution in [0.4, 0.5) is 0 Å². The first-order valence-electron chi connectivity index (χ1n) is 4.99. The maximum atomic E-state index is 10.8. The van der Waals surface area contributed by atoms with Crippen molar-refractivity contribution in [3.05, 3.63) is 20.7 Å². The van der Waals surface area contributed by atoms with Crippen LogP contribution in [0.3, 0.4) is 0 Å². The summed E-state index contributed by atoms with van der Waals surface area (Å²) in [6, 6.07) is 0. The third kappa shape index (κ3) is 5.71. The van der Waals surface area contributed by atoms with Crippen LogP contribution in [0, 0.1) is 0 Å². The molecule has 0 saturated carbocycles. The molecule has 0 spiro atoms. The van der Waals surface area contributed by atoms with Gasteiger partial charge in [-0.1, -0.05) is 11.3 Å². The molecule has 0 aromatic carbocycles. The number of thiazole rings is 1. The lowest BCUT2D eigenvalue weighted by molar-refractivity contribution is -0.000901. The van der Waals surface area contributed by atoms with Gasteiger partial charge in [0.15, 0.2) is 0 Å². The Morgan fingerprint density at radius 3 is 2.80 bits per heavy atom. The van der Waals surface area contributed by atoms with Crippen molar-refractivity contribution in [1.82, 2.24) is 10.3 Å². The third-order valence-electron chi connectivity index (χ3n) is 1.70. The third-order valence-corrected chi connectivity index (χ3v) is 2.42. The van der Waals surface area contributed by atoms with Crippen LogP contribution in [0.5, 0.6) is 0 Å². The topological polar surface area (TPSA) is 54.1 Å². The lowest BCUT2D eigenvalue weighted by Crippen LogP contribution is -2.26. The highest BCUT2D eigenvalue weighted by Gasteiger charge is 2.08. The molecule has 1 aromatic rings. The molecule has 1 heterocycles. The smallest absolute Gasteiger partial charge is 0.304 e. The highest BCUT2D eigenvalue weighted by Crippen LogP contribution is 2.05. The summed E-state index contributed by atoms with van der Waals surface area (Å²) < 4.78 is 5.54. The molecule has 0 unspecified atom stereocenters. The molecular weight excluding hydrogens is 212 g/mol. The van der Waals surface area contributed by atoms with Crippen LogP contribution >= 0.6 is 11.3 Å². The first-order chi connectivity index (χ1) is 6.97. The van der Waals surface area contributed by atoms with Gasteiger partial charge in [0.25, 0.3) is 0 Å². The molecule has 2 N–H and O–H groups in total. The molecule has 0 aliphatic rings.